The average Bonchev–Trinajstić information content (AvgIpc) is 3.03. The van der Waals surface area contributed by atoms with E-state index in [1.165, 1.54) is 31.7 Å². The first-order chi connectivity index (χ1) is 14.0. The number of hydrogen-bond acceptors (Lipinski definition) is 6. The lowest BCUT2D eigenvalue weighted by molar-refractivity contribution is -0.138. The minimum Gasteiger partial charge on any atom is -0.377 e. The van der Waals surface area contributed by atoms with E-state index in [-0.39, 0.29) is 5.69 Å². The molecule has 160 valence electrons. The molecule has 0 fully saturated rings. The van der Waals surface area contributed by atoms with Gasteiger partial charge in [-0.1, -0.05) is 11.3 Å². The second-order valence-corrected chi connectivity index (χ2v) is 7.67. The number of amides is 2. The van der Waals surface area contributed by atoms with Crippen LogP contribution in [0.2, 0.25) is 0 Å². The quantitative estimate of drug-likeness (QED) is 0.636. The zero-order chi connectivity index (χ0) is 22.2. The lowest BCUT2D eigenvalue weighted by Crippen LogP contribution is -2.28. The van der Waals surface area contributed by atoms with E-state index in [4.69, 9.17) is 4.74 Å². The molecule has 3 heterocycles. The molecule has 0 aromatic carbocycles. The molecule has 3 rings (SSSR count). The molecule has 1 atom stereocenters. The Labute approximate surface area is 172 Å². The maximum atomic E-state index is 13.0. The summed E-state index contributed by atoms with van der Waals surface area (Å²) in [5.74, 6) is 0. The van der Waals surface area contributed by atoms with Gasteiger partial charge in [-0.05, 0) is 19.9 Å². The molecular formula is C18H18F3N5O3S. The van der Waals surface area contributed by atoms with E-state index < -0.39 is 35.1 Å². The first-order valence-electron chi connectivity index (χ1n) is 8.66. The van der Waals surface area contributed by atoms with Crippen molar-refractivity contribution in [2.75, 3.05) is 17.7 Å². The van der Waals surface area contributed by atoms with E-state index in [2.05, 4.69) is 20.6 Å². The molecule has 8 nitrogen and oxygen atoms in total. The summed E-state index contributed by atoms with van der Waals surface area (Å²) in [5.41, 5.74) is -0.964. The molecule has 2 amide bonds. The van der Waals surface area contributed by atoms with E-state index >= 15 is 0 Å². The van der Waals surface area contributed by atoms with E-state index in [1.807, 2.05) is 6.92 Å². The Morgan fingerprint density at radius 3 is 2.60 bits per heavy atom. The highest BCUT2D eigenvalue weighted by Gasteiger charge is 2.32. The highest BCUT2D eigenvalue weighted by atomic mass is 32.1. The second-order valence-electron chi connectivity index (χ2n) is 6.49. The smallest absolute Gasteiger partial charge is 0.377 e. The SMILES string of the molecule is COC(C)c1c(NC(=O)Nc2cc(C(F)(F)F)cn(C)c2=O)cnc2sc(C)nc12. The zero-order valence-corrected chi connectivity index (χ0v) is 17.2. The van der Waals surface area contributed by atoms with Crippen molar-refractivity contribution in [3.8, 4) is 0 Å². The molecule has 0 saturated heterocycles. The molecular weight excluding hydrogens is 423 g/mol. The Kier molecular flexibility index (Phi) is 5.81. The number of rotatable bonds is 4. The van der Waals surface area contributed by atoms with Crippen molar-refractivity contribution < 1.29 is 22.7 Å². The Morgan fingerprint density at radius 2 is 1.97 bits per heavy atom. The van der Waals surface area contributed by atoms with Crippen LogP contribution in [0.1, 0.15) is 29.2 Å². The number of thiazole rings is 1. The lowest BCUT2D eigenvalue weighted by atomic mass is 10.1. The van der Waals surface area contributed by atoms with Gasteiger partial charge in [0.2, 0.25) is 0 Å². The van der Waals surface area contributed by atoms with Gasteiger partial charge in [-0.2, -0.15) is 13.2 Å². The van der Waals surface area contributed by atoms with Crippen LogP contribution >= 0.6 is 11.3 Å². The van der Waals surface area contributed by atoms with Crippen molar-refractivity contribution >= 4 is 39.1 Å². The Morgan fingerprint density at radius 1 is 1.30 bits per heavy atom. The predicted molar refractivity (Wildman–Crippen MR) is 107 cm³/mol. The molecule has 0 aliphatic rings. The van der Waals surface area contributed by atoms with Crippen molar-refractivity contribution in [3.63, 3.8) is 0 Å². The van der Waals surface area contributed by atoms with Gasteiger partial charge in [0.15, 0.2) is 0 Å². The summed E-state index contributed by atoms with van der Waals surface area (Å²) < 4.78 is 45.2. The number of carbonyl (C=O) groups excluding carboxylic acids is 1. The maximum Gasteiger partial charge on any atom is 0.417 e. The number of aryl methyl sites for hydroxylation is 2. The van der Waals surface area contributed by atoms with Crippen LogP contribution in [0.15, 0.2) is 23.3 Å². The van der Waals surface area contributed by atoms with Crippen LogP contribution in [0.25, 0.3) is 10.3 Å². The third-order valence-electron chi connectivity index (χ3n) is 4.34. The summed E-state index contributed by atoms with van der Waals surface area (Å²) >= 11 is 1.38. The average molecular weight is 441 g/mol. The number of urea groups is 1. The van der Waals surface area contributed by atoms with Gasteiger partial charge >= 0.3 is 12.2 Å². The largest absolute Gasteiger partial charge is 0.417 e. The molecule has 0 bridgehead atoms. The number of fused-ring (bicyclic) bond motifs is 1. The number of nitrogens with zero attached hydrogens (tertiary/aromatic N) is 3. The van der Waals surface area contributed by atoms with Gasteiger partial charge in [0, 0.05) is 25.9 Å². The fourth-order valence-electron chi connectivity index (χ4n) is 2.86. The highest BCUT2D eigenvalue weighted by Crippen LogP contribution is 2.34. The summed E-state index contributed by atoms with van der Waals surface area (Å²) in [6.07, 6.45) is -3.05. The number of anilines is 2. The Hall–Kier alpha value is -2.99. The summed E-state index contributed by atoms with van der Waals surface area (Å²) in [7, 11) is 2.66. The van der Waals surface area contributed by atoms with Gasteiger partial charge < -0.3 is 19.9 Å². The maximum absolute atomic E-state index is 13.0. The van der Waals surface area contributed by atoms with Crippen LogP contribution in [0, 0.1) is 6.92 Å². The number of methoxy groups -OCH3 is 1. The van der Waals surface area contributed by atoms with Crippen LogP contribution in [0.4, 0.5) is 29.3 Å². The summed E-state index contributed by atoms with van der Waals surface area (Å²) in [6, 6.07) is -0.310. The Bertz CT molecular complexity index is 1170. The van der Waals surface area contributed by atoms with Gasteiger partial charge in [-0.25, -0.2) is 14.8 Å². The van der Waals surface area contributed by atoms with Crippen LogP contribution < -0.4 is 16.2 Å². The lowest BCUT2D eigenvalue weighted by Gasteiger charge is -2.17. The van der Waals surface area contributed by atoms with Crippen molar-refractivity contribution in [1.82, 2.24) is 14.5 Å². The minimum absolute atomic E-state index is 0.267. The van der Waals surface area contributed by atoms with Gasteiger partial charge in [0.05, 0.1) is 28.6 Å². The fourth-order valence-corrected chi connectivity index (χ4v) is 3.64. The number of aromatic nitrogens is 3. The Balaban J connectivity index is 1.95. The topological polar surface area (TPSA) is 98.1 Å². The molecule has 3 aromatic heterocycles. The van der Waals surface area contributed by atoms with Crippen LogP contribution in [0.5, 0.6) is 0 Å². The molecule has 30 heavy (non-hydrogen) atoms. The number of alkyl halides is 3. The highest BCUT2D eigenvalue weighted by molar-refractivity contribution is 7.18. The normalized spacial score (nSPS) is 12.8. The third-order valence-corrected chi connectivity index (χ3v) is 5.22. The van der Waals surface area contributed by atoms with Crippen LogP contribution in [-0.4, -0.2) is 27.7 Å². The van der Waals surface area contributed by atoms with E-state index in [1.54, 1.807) is 6.92 Å². The minimum atomic E-state index is -4.67. The van der Waals surface area contributed by atoms with Gasteiger partial charge in [0.1, 0.15) is 16.0 Å². The third kappa shape index (κ3) is 4.28. The standard InChI is InChI=1S/C18H18F3N5O3S/c1-8(29-4)13-12(6-22-15-14(13)23-9(2)30-15)25-17(28)24-11-5-10(18(19,20)21)7-26(3)16(11)27/h5-8H,1-4H3,(H2,24,25,28). The van der Waals surface area contributed by atoms with Gasteiger partial charge in [-0.3, -0.25) is 4.79 Å². The number of pyridine rings is 2. The molecule has 2 N–H and O–H groups in total. The monoisotopic (exact) mass is 441 g/mol. The molecule has 12 heteroatoms. The zero-order valence-electron chi connectivity index (χ0n) is 16.4. The van der Waals surface area contributed by atoms with Crippen molar-refractivity contribution in [1.29, 1.82) is 0 Å². The molecule has 3 aromatic rings. The predicted octanol–water partition coefficient (Wildman–Crippen LogP) is 4.07. The number of carbonyl (C=O) groups is 1. The van der Waals surface area contributed by atoms with Crippen LogP contribution in [0.3, 0.4) is 0 Å². The summed E-state index contributed by atoms with van der Waals surface area (Å²) in [6.45, 7) is 3.58. The van der Waals surface area contributed by atoms with Gasteiger partial charge in [0.25, 0.3) is 5.56 Å². The summed E-state index contributed by atoms with van der Waals surface area (Å²) in [4.78, 5) is 34.0. The van der Waals surface area contributed by atoms with E-state index in [0.29, 0.717) is 28.2 Å². The molecule has 1 unspecified atom stereocenters. The molecule has 0 aliphatic carbocycles. The second kappa shape index (κ2) is 8.03. The van der Waals surface area contributed by atoms with Crippen molar-refractivity contribution in [2.24, 2.45) is 7.05 Å². The van der Waals surface area contributed by atoms with Crippen molar-refractivity contribution in [2.45, 2.75) is 26.1 Å². The number of hydrogen-bond donors (Lipinski definition) is 2. The number of ether oxygens (including phenoxy) is 1. The number of nitrogens with one attached hydrogen (secondary N) is 2. The number of halogens is 3. The fraction of sp³-hybridized carbons (Fsp3) is 0.333. The van der Waals surface area contributed by atoms with Crippen LogP contribution in [-0.2, 0) is 18.0 Å². The molecule has 0 aliphatic heterocycles. The first-order valence-corrected chi connectivity index (χ1v) is 9.47. The van der Waals surface area contributed by atoms with Crippen molar-refractivity contribution in [3.05, 3.63) is 44.9 Å². The first kappa shape index (κ1) is 21.7. The molecule has 0 spiro atoms. The molecule has 0 radical (unpaired) electrons. The van der Waals surface area contributed by atoms with E-state index in [0.717, 1.165) is 9.57 Å². The summed E-state index contributed by atoms with van der Waals surface area (Å²) in [5, 5.41) is 5.48. The molecule has 0 saturated carbocycles. The van der Waals surface area contributed by atoms with Gasteiger partial charge in [-0.15, -0.1) is 0 Å². The van der Waals surface area contributed by atoms with E-state index in [9.17, 15) is 22.8 Å².